The minimum absolute atomic E-state index is 0.0466. The van der Waals surface area contributed by atoms with Crippen LogP contribution in [0.15, 0.2) is 0 Å². The summed E-state index contributed by atoms with van der Waals surface area (Å²) in [6.45, 7) is 2.38. The van der Waals surface area contributed by atoms with E-state index < -0.39 is 23.0 Å². The maximum Gasteiger partial charge on any atom is 0.471 e. The molecule has 1 unspecified atom stereocenters. The smallest absolute Gasteiger partial charge is 0.351 e. The molecule has 2 heterocycles. The molecule has 1 aromatic rings. The zero-order valence-corrected chi connectivity index (χ0v) is 14.3. The van der Waals surface area contributed by atoms with E-state index in [0.717, 1.165) is 12.8 Å². The summed E-state index contributed by atoms with van der Waals surface area (Å²) in [5.41, 5.74) is 0.290. The van der Waals surface area contributed by atoms with E-state index >= 15 is 0 Å². The number of carbonyl (C=O) groups excluding carboxylic acids is 1. The van der Waals surface area contributed by atoms with E-state index in [1.54, 1.807) is 11.6 Å². The quantitative estimate of drug-likeness (QED) is 0.645. The Morgan fingerprint density at radius 1 is 1.27 bits per heavy atom. The van der Waals surface area contributed by atoms with Crippen LogP contribution in [-0.4, -0.2) is 45.9 Å². The number of alkyl halides is 3. The lowest BCUT2D eigenvalue weighted by atomic mass is 10.1. The first-order valence-corrected chi connectivity index (χ1v) is 8.54. The van der Waals surface area contributed by atoms with Crippen LogP contribution in [0.2, 0.25) is 0 Å². The number of nitrogens with one attached hydrogen (secondary N) is 1. The average Bonchev–Trinajstić information content (AvgIpc) is 3.33. The largest absolute Gasteiger partial charge is 0.471 e. The summed E-state index contributed by atoms with van der Waals surface area (Å²) >= 11 is 0. The molecule has 144 valence electrons. The number of nitro groups is 1. The van der Waals surface area contributed by atoms with Gasteiger partial charge in [-0.25, -0.2) is 4.68 Å². The summed E-state index contributed by atoms with van der Waals surface area (Å²) in [6, 6.07) is -0.465. The van der Waals surface area contributed by atoms with E-state index in [1.165, 1.54) is 0 Å². The predicted molar refractivity (Wildman–Crippen MR) is 85.9 cm³/mol. The Bertz CT molecular complexity index is 714. The van der Waals surface area contributed by atoms with Crippen LogP contribution in [0, 0.1) is 17.0 Å². The number of nitrogens with zero attached hydrogens (tertiary/aromatic N) is 4. The van der Waals surface area contributed by atoms with Crippen LogP contribution in [0.5, 0.6) is 0 Å². The van der Waals surface area contributed by atoms with E-state index in [0.29, 0.717) is 37.4 Å². The molecule has 1 N–H and O–H groups in total. The number of aromatic nitrogens is 2. The number of amides is 1. The third-order valence-electron chi connectivity index (χ3n) is 4.72. The second kappa shape index (κ2) is 6.76. The van der Waals surface area contributed by atoms with Gasteiger partial charge in [0.15, 0.2) is 0 Å². The molecule has 3 rings (SSSR count). The minimum Gasteiger partial charge on any atom is -0.351 e. The summed E-state index contributed by atoms with van der Waals surface area (Å²) in [6.07, 6.45) is -1.90. The highest BCUT2D eigenvalue weighted by atomic mass is 19.4. The van der Waals surface area contributed by atoms with Crippen molar-refractivity contribution in [3.63, 3.8) is 0 Å². The van der Waals surface area contributed by atoms with Gasteiger partial charge in [0.05, 0.1) is 11.0 Å². The van der Waals surface area contributed by atoms with Gasteiger partial charge >= 0.3 is 17.8 Å². The molecule has 0 radical (unpaired) electrons. The average molecular weight is 375 g/mol. The van der Waals surface area contributed by atoms with E-state index in [9.17, 15) is 28.1 Å². The highest BCUT2D eigenvalue weighted by Crippen LogP contribution is 2.43. The van der Waals surface area contributed by atoms with Gasteiger partial charge in [0.1, 0.15) is 5.69 Å². The van der Waals surface area contributed by atoms with Gasteiger partial charge in [-0.2, -0.15) is 18.3 Å². The van der Waals surface area contributed by atoms with Crippen molar-refractivity contribution >= 4 is 17.4 Å². The van der Waals surface area contributed by atoms with Gasteiger partial charge in [0, 0.05) is 19.1 Å². The lowest BCUT2D eigenvalue weighted by Gasteiger charge is -2.23. The fraction of sp³-hybridized carbons (Fsp3) is 0.733. The second-order valence-electron chi connectivity index (χ2n) is 6.78. The first kappa shape index (κ1) is 18.5. The number of hydrogen-bond donors (Lipinski definition) is 1. The number of hydrogen-bond acceptors (Lipinski definition) is 5. The second-order valence-corrected chi connectivity index (χ2v) is 6.78. The molecule has 1 atom stereocenters. The Balaban J connectivity index is 1.77. The van der Waals surface area contributed by atoms with Crippen LogP contribution >= 0.6 is 0 Å². The Kier molecular flexibility index (Phi) is 4.80. The molecular weight excluding hydrogens is 355 g/mol. The zero-order chi connectivity index (χ0) is 19.1. The molecule has 8 nitrogen and oxygen atoms in total. The zero-order valence-electron chi connectivity index (χ0n) is 14.3. The molecule has 11 heteroatoms. The van der Waals surface area contributed by atoms with Crippen LogP contribution in [-0.2, 0) is 4.79 Å². The number of aryl methyl sites for hydroxylation is 1. The van der Waals surface area contributed by atoms with Gasteiger partial charge in [0.25, 0.3) is 0 Å². The van der Waals surface area contributed by atoms with Crippen molar-refractivity contribution in [2.75, 3.05) is 18.0 Å². The maximum absolute atomic E-state index is 12.4. The summed E-state index contributed by atoms with van der Waals surface area (Å²) in [7, 11) is 0. The van der Waals surface area contributed by atoms with E-state index in [4.69, 9.17) is 0 Å². The van der Waals surface area contributed by atoms with Gasteiger partial charge in [-0.15, -0.1) is 0 Å². The number of anilines is 1. The molecule has 1 aliphatic carbocycles. The molecule has 1 saturated heterocycles. The summed E-state index contributed by atoms with van der Waals surface area (Å²) in [5, 5.41) is 17.8. The first-order chi connectivity index (χ1) is 12.2. The number of halogens is 3. The molecule has 2 aliphatic rings. The number of rotatable bonds is 4. The van der Waals surface area contributed by atoms with Gasteiger partial charge in [-0.3, -0.25) is 14.9 Å². The summed E-state index contributed by atoms with van der Waals surface area (Å²) in [5.74, 6) is -1.52. The van der Waals surface area contributed by atoms with Crippen molar-refractivity contribution in [3.8, 4) is 0 Å². The fourth-order valence-electron chi connectivity index (χ4n) is 3.33. The van der Waals surface area contributed by atoms with Crippen molar-refractivity contribution in [3.05, 3.63) is 15.8 Å². The minimum atomic E-state index is -4.91. The highest BCUT2D eigenvalue weighted by Gasteiger charge is 2.40. The van der Waals surface area contributed by atoms with Crippen molar-refractivity contribution in [1.29, 1.82) is 0 Å². The van der Waals surface area contributed by atoms with E-state index in [-0.39, 0.29) is 18.2 Å². The lowest BCUT2D eigenvalue weighted by Crippen LogP contribution is -2.43. The molecule has 1 aliphatic heterocycles. The summed E-state index contributed by atoms with van der Waals surface area (Å²) in [4.78, 5) is 24.0. The Morgan fingerprint density at radius 3 is 2.54 bits per heavy atom. The van der Waals surface area contributed by atoms with Gasteiger partial charge in [0.2, 0.25) is 5.82 Å². The monoisotopic (exact) mass is 375 g/mol. The van der Waals surface area contributed by atoms with Gasteiger partial charge in [-0.05, 0) is 39.0 Å². The van der Waals surface area contributed by atoms with E-state index in [2.05, 4.69) is 5.10 Å². The van der Waals surface area contributed by atoms with Crippen molar-refractivity contribution in [2.45, 2.75) is 57.3 Å². The van der Waals surface area contributed by atoms with E-state index in [1.807, 2.05) is 10.2 Å². The maximum atomic E-state index is 12.4. The Labute approximate surface area is 147 Å². The summed E-state index contributed by atoms with van der Waals surface area (Å²) < 4.78 is 39.0. The van der Waals surface area contributed by atoms with Crippen molar-refractivity contribution in [1.82, 2.24) is 15.1 Å². The van der Waals surface area contributed by atoms with Gasteiger partial charge < -0.3 is 10.2 Å². The SMILES string of the molecule is Cc1nn(C2CC2)c(N2CCCC(NC(=O)C(F)(F)F)CC2)c1[N+](=O)[O-]. The van der Waals surface area contributed by atoms with Crippen LogP contribution < -0.4 is 10.2 Å². The Hall–Kier alpha value is -2.33. The predicted octanol–water partition coefficient (Wildman–Crippen LogP) is 2.47. The number of carbonyl (C=O) groups is 1. The molecule has 2 fully saturated rings. The van der Waals surface area contributed by atoms with Crippen LogP contribution in [0.1, 0.15) is 43.8 Å². The molecule has 0 spiro atoms. The molecule has 1 aromatic heterocycles. The van der Waals surface area contributed by atoms with Crippen molar-refractivity contribution in [2.24, 2.45) is 0 Å². The third kappa shape index (κ3) is 3.75. The fourth-order valence-corrected chi connectivity index (χ4v) is 3.33. The lowest BCUT2D eigenvalue weighted by molar-refractivity contribution is -0.384. The highest BCUT2D eigenvalue weighted by molar-refractivity contribution is 5.81. The molecular formula is C15H20F3N5O3. The standard InChI is InChI=1S/C15H20F3N5O3/c1-9-12(23(25)26)13(22(20-9)11-4-5-11)21-7-2-3-10(6-8-21)19-14(24)15(16,17)18/h10-11H,2-8H2,1H3,(H,19,24). The molecule has 1 saturated carbocycles. The molecule has 0 bridgehead atoms. The Morgan fingerprint density at radius 2 is 1.96 bits per heavy atom. The molecule has 1 amide bonds. The van der Waals surface area contributed by atoms with Crippen LogP contribution in [0.25, 0.3) is 0 Å². The molecule has 26 heavy (non-hydrogen) atoms. The first-order valence-electron chi connectivity index (χ1n) is 8.54. The van der Waals surface area contributed by atoms with Crippen LogP contribution in [0.3, 0.4) is 0 Å². The van der Waals surface area contributed by atoms with Crippen molar-refractivity contribution < 1.29 is 22.9 Å². The normalized spacial score (nSPS) is 21.4. The third-order valence-corrected chi connectivity index (χ3v) is 4.72. The molecule has 0 aromatic carbocycles. The van der Waals surface area contributed by atoms with Crippen LogP contribution in [0.4, 0.5) is 24.7 Å². The topological polar surface area (TPSA) is 93.3 Å². The van der Waals surface area contributed by atoms with Gasteiger partial charge in [-0.1, -0.05) is 0 Å².